The summed E-state index contributed by atoms with van der Waals surface area (Å²) in [7, 11) is 0. The molecule has 98 valence electrons. The van der Waals surface area contributed by atoms with Gasteiger partial charge in [-0.1, -0.05) is 25.3 Å². The van der Waals surface area contributed by atoms with E-state index in [1.165, 1.54) is 19.3 Å². The molecule has 2 amide bonds. The molecule has 1 saturated carbocycles. The first-order chi connectivity index (χ1) is 8.78. The molecule has 0 bridgehead atoms. The Bertz CT molecular complexity index is 386. The first-order valence-corrected chi connectivity index (χ1v) is 6.41. The zero-order chi connectivity index (χ0) is 12.8. The highest BCUT2D eigenvalue weighted by Crippen LogP contribution is 2.17. The molecule has 0 atom stereocenters. The molecule has 0 radical (unpaired) electrons. The Morgan fingerprint density at radius 2 is 2.11 bits per heavy atom. The molecule has 2 rings (SSSR count). The zero-order valence-electron chi connectivity index (χ0n) is 10.4. The lowest BCUT2D eigenvalue weighted by Crippen LogP contribution is -2.39. The number of amides is 2. The number of rotatable bonds is 3. The summed E-state index contributed by atoms with van der Waals surface area (Å²) in [6.45, 7) is -0.0401. The van der Waals surface area contributed by atoms with Crippen LogP contribution in [0.5, 0.6) is 0 Å². The highest BCUT2D eigenvalue weighted by molar-refractivity contribution is 5.88. The van der Waals surface area contributed by atoms with Gasteiger partial charge in [-0.3, -0.25) is 5.32 Å². The van der Waals surface area contributed by atoms with Crippen LogP contribution < -0.4 is 10.6 Å². The van der Waals surface area contributed by atoms with E-state index in [2.05, 4.69) is 15.6 Å². The van der Waals surface area contributed by atoms with Gasteiger partial charge in [0.1, 0.15) is 5.82 Å². The Kier molecular flexibility index (Phi) is 4.52. The Hall–Kier alpha value is -1.62. The Morgan fingerprint density at radius 3 is 2.72 bits per heavy atom. The molecule has 1 aromatic heterocycles. The van der Waals surface area contributed by atoms with Crippen molar-refractivity contribution in [3.05, 3.63) is 23.9 Å². The summed E-state index contributed by atoms with van der Waals surface area (Å²) in [5, 5.41) is 14.5. The monoisotopic (exact) mass is 249 g/mol. The summed E-state index contributed by atoms with van der Waals surface area (Å²) >= 11 is 0. The third-order valence-electron chi connectivity index (χ3n) is 3.19. The molecule has 0 aromatic carbocycles. The molecule has 1 aliphatic carbocycles. The number of hydrogen-bond acceptors (Lipinski definition) is 3. The minimum Gasteiger partial charge on any atom is -0.392 e. The predicted molar refractivity (Wildman–Crippen MR) is 69.2 cm³/mol. The van der Waals surface area contributed by atoms with Crippen LogP contribution in [0.25, 0.3) is 0 Å². The second kappa shape index (κ2) is 6.35. The molecule has 18 heavy (non-hydrogen) atoms. The number of pyridine rings is 1. The van der Waals surface area contributed by atoms with Crippen LogP contribution in [0.4, 0.5) is 10.6 Å². The topological polar surface area (TPSA) is 74.2 Å². The van der Waals surface area contributed by atoms with Crippen molar-refractivity contribution in [1.82, 2.24) is 10.3 Å². The van der Waals surface area contributed by atoms with Crippen molar-refractivity contribution in [2.24, 2.45) is 0 Å². The van der Waals surface area contributed by atoms with Gasteiger partial charge in [-0.2, -0.15) is 0 Å². The standard InChI is InChI=1S/C13H19N3O2/c17-9-10-6-7-12(14-8-10)16-13(18)15-11-4-2-1-3-5-11/h6-8,11,17H,1-5,9H2,(H2,14,15,16,18). The molecule has 0 unspecified atom stereocenters. The molecule has 0 aliphatic heterocycles. The SMILES string of the molecule is O=C(Nc1ccc(CO)cn1)NC1CCCCC1. The summed E-state index contributed by atoms with van der Waals surface area (Å²) < 4.78 is 0. The fourth-order valence-electron chi connectivity index (χ4n) is 2.18. The molecule has 1 heterocycles. The molecular formula is C13H19N3O2. The van der Waals surface area contributed by atoms with E-state index in [1.54, 1.807) is 18.3 Å². The van der Waals surface area contributed by atoms with E-state index >= 15 is 0 Å². The van der Waals surface area contributed by atoms with Crippen LogP contribution in [0.1, 0.15) is 37.7 Å². The van der Waals surface area contributed by atoms with Crippen LogP contribution in [0.2, 0.25) is 0 Å². The molecule has 1 fully saturated rings. The molecule has 5 heteroatoms. The van der Waals surface area contributed by atoms with Crippen LogP contribution >= 0.6 is 0 Å². The van der Waals surface area contributed by atoms with Gasteiger partial charge in [0.05, 0.1) is 6.61 Å². The number of urea groups is 1. The molecule has 3 N–H and O–H groups in total. The summed E-state index contributed by atoms with van der Waals surface area (Å²) in [5.74, 6) is 0.500. The summed E-state index contributed by atoms with van der Waals surface area (Å²) in [5.41, 5.74) is 0.730. The minimum atomic E-state index is -0.203. The molecular weight excluding hydrogens is 230 g/mol. The third-order valence-corrected chi connectivity index (χ3v) is 3.19. The number of aliphatic hydroxyl groups excluding tert-OH is 1. The van der Waals surface area contributed by atoms with Gasteiger partial charge < -0.3 is 10.4 Å². The lowest BCUT2D eigenvalue weighted by molar-refractivity contribution is 0.244. The molecule has 1 aliphatic rings. The van der Waals surface area contributed by atoms with E-state index in [1.807, 2.05) is 0 Å². The summed E-state index contributed by atoms with van der Waals surface area (Å²) in [6.07, 6.45) is 7.32. The maximum atomic E-state index is 11.7. The van der Waals surface area contributed by atoms with E-state index in [9.17, 15) is 4.79 Å². The van der Waals surface area contributed by atoms with Crippen molar-refractivity contribution < 1.29 is 9.90 Å². The van der Waals surface area contributed by atoms with Crippen molar-refractivity contribution in [2.75, 3.05) is 5.32 Å². The van der Waals surface area contributed by atoms with Crippen LogP contribution in [0, 0.1) is 0 Å². The molecule has 5 nitrogen and oxygen atoms in total. The van der Waals surface area contributed by atoms with E-state index < -0.39 is 0 Å². The van der Waals surface area contributed by atoms with Gasteiger partial charge in [0, 0.05) is 12.2 Å². The number of nitrogens with one attached hydrogen (secondary N) is 2. The van der Waals surface area contributed by atoms with Crippen LogP contribution in [0.15, 0.2) is 18.3 Å². The number of carbonyl (C=O) groups excluding carboxylic acids is 1. The minimum absolute atomic E-state index is 0.0401. The second-order valence-electron chi connectivity index (χ2n) is 4.64. The quantitative estimate of drug-likeness (QED) is 0.767. The normalized spacial score (nSPS) is 16.3. The van der Waals surface area contributed by atoms with Gasteiger partial charge in [0.25, 0.3) is 0 Å². The number of aromatic nitrogens is 1. The van der Waals surface area contributed by atoms with Crippen LogP contribution in [-0.2, 0) is 6.61 Å². The maximum absolute atomic E-state index is 11.7. The van der Waals surface area contributed by atoms with Crippen molar-refractivity contribution in [3.63, 3.8) is 0 Å². The average Bonchev–Trinajstić information content (AvgIpc) is 2.40. The van der Waals surface area contributed by atoms with Crippen LogP contribution in [0.3, 0.4) is 0 Å². The van der Waals surface area contributed by atoms with Crippen molar-refractivity contribution >= 4 is 11.8 Å². The van der Waals surface area contributed by atoms with Gasteiger partial charge in [-0.05, 0) is 24.5 Å². The Morgan fingerprint density at radius 1 is 1.33 bits per heavy atom. The van der Waals surface area contributed by atoms with E-state index in [0.717, 1.165) is 18.4 Å². The van der Waals surface area contributed by atoms with Gasteiger partial charge in [0.2, 0.25) is 0 Å². The fourth-order valence-corrected chi connectivity index (χ4v) is 2.18. The van der Waals surface area contributed by atoms with E-state index in [4.69, 9.17) is 5.11 Å². The van der Waals surface area contributed by atoms with Gasteiger partial charge >= 0.3 is 6.03 Å². The Labute approximate surface area is 107 Å². The third kappa shape index (κ3) is 3.70. The smallest absolute Gasteiger partial charge is 0.320 e. The number of nitrogens with zero attached hydrogens (tertiary/aromatic N) is 1. The highest BCUT2D eigenvalue weighted by atomic mass is 16.3. The summed E-state index contributed by atoms with van der Waals surface area (Å²) in [6, 6.07) is 3.51. The van der Waals surface area contributed by atoms with E-state index in [0.29, 0.717) is 5.82 Å². The Balaban J connectivity index is 1.82. The van der Waals surface area contributed by atoms with Gasteiger partial charge in [-0.15, -0.1) is 0 Å². The molecule has 0 saturated heterocycles. The predicted octanol–water partition coefficient (Wildman–Crippen LogP) is 2.03. The lowest BCUT2D eigenvalue weighted by atomic mass is 9.96. The highest BCUT2D eigenvalue weighted by Gasteiger charge is 2.15. The van der Waals surface area contributed by atoms with Crippen molar-refractivity contribution in [2.45, 2.75) is 44.8 Å². The second-order valence-corrected chi connectivity index (χ2v) is 4.64. The van der Waals surface area contributed by atoms with Crippen molar-refractivity contribution in [3.8, 4) is 0 Å². The maximum Gasteiger partial charge on any atom is 0.320 e. The van der Waals surface area contributed by atoms with E-state index in [-0.39, 0.29) is 18.7 Å². The zero-order valence-corrected chi connectivity index (χ0v) is 10.4. The first kappa shape index (κ1) is 12.8. The fraction of sp³-hybridized carbons (Fsp3) is 0.538. The average molecular weight is 249 g/mol. The van der Waals surface area contributed by atoms with Gasteiger partial charge in [-0.25, -0.2) is 9.78 Å². The summed E-state index contributed by atoms with van der Waals surface area (Å²) in [4.78, 5) is 15.8. The first-order valence-electron chi connectivity index (χ1n) is 6.41. The van der Waals surface area contributed by atoms with Crippen molar-refractivity contribution in [1.29, 1.82) is 0 Å². The molecule has 0 spiro atoms. The number of hydrogen-bond donors (Lipinski definition) is 3. The number of aliphatic hydroxyl groups is 1. The largest absolute Gasteiger partial charge is 0.392 e. The molecule has 1 aromatic rings. The van der Waals surface area contributed by atoms with Crippen LogP contribution in [-0.4, -0.2) is 22.2 Å². The number of anilines is 1. The van der Waals surface area contributed by atoms with Gasteiger partial charge in [0.15, 0.2) is 0 Å². The number of carbonyl (C=O) groups is 1. The lowest BCUT2D eigenvalue weighted by Gasteiger charge is -2.22.